The van der Waals surface area contributed by atoms with Gasteiger partial charge < -0.3 is 4.84 Å². The first-order chi connectivity index (χ1) is 5.81. The van der Waals surface area contributed by atoms with Crippen LogP contribution in [0.25, 0.3) is 10.9 Å². The molecule has 2 nitrogen and oxygen atoms in total. The molecule has 62 valence electrons. The van der Waals surface area contributed by atoms with Crippen LogP contribution in [0, 0.1) is 0 Å². The maximum absolute atomic E-state index is 5.84. The second-order valence-corrected chi connectivity index (χ2v) is 2.96. The molecular weight excluding hydrogens is 174 g/mol. The van der Waals surface area contributed by atoms with Crippen LogP contribution in [0.5, 0.6) is 0 Å². The van der Waals surface area contributed by atoms with Crippen LogP contribution in [0.4, 0.5) is 0 Å². The molecule has 0 aliphatic carbocycles. The lowest BCUT2D eigenvalue weighted by atomic mass is 10.2. The maximum atomic E-state index is 5.84. The normalized spacial score (nSPS) is 10.5. The average Bonchev–Trinajstić information content (AvgIpc) is 2.46. The number of hydrogen-bond acceptors (Lipinski definition) is 1. The highest BCUT2D eigenvalue weighted by Gasteiger charge is 1.99. The smallest absolute Gasteiger partial charge is 0.104 e. The number of nitrogens with zero attached hydrogens (tertiary/aromatic N) is 1. The molecule has 0 N–H and O–H groups in total. The number of hydrogen-bond donors (Lipinski definition) is 0. The summed E-state index contributed by atoms with van der Waals surface area (Å²) in [7, 11) is 1.63. The van der Waals surface area contributed by atoms with Gasteiger partial charge in [0.2, 0.25) is 0 Å². The van der Waals surface area contributed by atoms with E-state index in [0.717, 1.165) is 15.9 Å². The van der Waals surface area contributed by atoms with Gasteiger partial charge in [0, 0.05) is 16.6 Å². The molecular formula is C9H8ClNO. The maximum Gasteiger partial charge on any atom is 0.104 e. The van der Waals surface area contributed by atoms with E-state index in [1.165, 1.54) is 0 Å². The fourth-order valence-corrected chi connectivity index (χ4v) is 1.40. The monoisotopic (exact) mass is 181 g/mol. The van der Waals surface area contributed by atoms with Crippen LogP contribution in [0.2, 0.25) is 5.02 Å². The van der Waals surface area contributed by atoms with Crippen LogP contribution < -0.4 is 4.84 Å². The van der Waals surface area contributed by atoms with E-state index in [2.05, 4.69) is 0 Å². The van der Waals surface area contributed by atoms with Crippen molar-refractivity contribution in [3.8, 4) is 0 Å². The number of benzene rings is 1. The van der Waals surface area contributed by atoms with E-state index >= 15 is 0 Å². The van der Waals surface area contributed by atoms with Crippen molar-refractivity contribution < 1.29 is 4.84 Å². The third-order valence-corrected chi connectivity index (χ3v) is 2.05. The fourth-order valence-electron chi connectivity index (χ4n) is 1.24. The summed E-state index contributed by atoms with van der Waals surface area (Å²) in [6, 6.07) is 7.69. The summed E-state index contributed by atoms with van der Waals surface area (Å²) < 4.78 is 1.68. The van der Waals surface area contributed by atoms with Crippen LogP contribution in [-0.4, -0.2) is 11.8 Å². The van der Waals surface area contributed by atoms with Crippen molar-refractivity contribution in [2.75, 3.05) is 7.11 Å². The Balaban J connectivity index is 2.75. The molecule has 0 amide bonds. The molecule has 0 unspecified atom stereocenters. The van der Waals surface area contributed by atoms with E-state index in [0.29, 0.717) is 0 Å². The van der Waals surface area contributed by atoms with Gasteiger partial charge >= 0.3 is 0 Å². The lowest BCUT2D eigenvalue weighted by Crippen LogP contribution is -2.02. The Labute approximate surface area is 75.3 Å². The predicted octanol–water partition coefficient (Wildman–Crippen LogP) is 2.35. The molecule has 0 saturated carbocycles. The summed E-state index contributed by atoms with van der Waals surface area (Å²) >= 11 is 5.84. The molecule has 3 heteroatoms. The third-order valence-electron chi connectivity index (χ3n) is 1.82. The van der Waals surface area contributed by atoms with E-state index in [4.69, 9.17) is 16.4 Å². The highest BCUT2D eigenvalue weighted by molar-refractivity contribution is 6.31. The summed E-state index contributed by atoms with van der Waals surface area (Å²) in [5.74, 6) is 0. The molecule has 0 saturated heterocycles. The van der Waals surface area contributed by atoms with Crippen LogP contribution in [0.15, 0.2) is 30.5 Å². The molecule has 0 fully saturated rings. The molecule has 0 spiro atoms. The first-order valence-electron chi connectivity index (χ1n) is 3.62. The minimum absolute atomic E-state index is 0.722. The summed E-state index contributed by atoms with van der Waals surface area (Å²) in [5, 5.41) is 1.85. The van der Waals surface area contributed by atoms with Gasteiger partial charge in [-0.2, -0.15) is 4.73 Å². The van der Waals surface area contributed by atoms with Crippen molar-refractivity contribution in [1.29, 1.82) is 0 Å². The molecule has 0 aliphatic rings. The lowest BCUT2D eigenvalue weighted by Gasteiger charge is -2.01. The zero-order valence-electron chi connectivity index (χ0n) is 6.62. The number of aromatic nitrogens is 1. The molecule has 1 heterocycles. The van der Waals surface area contributed by atoms with Crippen LogP contribution >= 0.6 is 11.6 Å². The first kappa shape index (κ1) is 7.50. The second kappa shape index (κ2) is 2.72. The molecule has 2 rings (SSSR count). The fraction of sp³-hybridized carbons (Fsp3) is 0.111. The van der Waals surface area contributed by atoms with Gasteiger partial charge in [-0.05, 0) is 18.2 Å². The highest BCUT2D eigenvalue weighted by atomic mass is 35.5. The van der Waals surface area contributed by atoms with Crippen molar-refractivity contribution in [3.05, 3.63) is 35.5 Å². The SMILES string of the molecule is COn1ccc2ccc(Cl)cc21. The van der Waals surface area contributed by atoms with Gasteiger partial charge in [0.05, 0.1) is 5.52 Å². The van der Waals surface area contributed by atoms with Crippen molar-refractivity contribution in [1.82, 2.24) is 4.73 Å². The molecule has 12 heavy (non-hydrogen) atoms. The first-order valence-corrected chi connectivity index (χ1v) is 4.00. The van der Waals surface area contributed by atoms with Crippen molar-refractivity contribution in [2.24, 2.45) is 0 Å². The molecule has 1 aromatic carbocycles. The van der Waals surface area contributed by atoms with Gasteiger partial charge in [-0.3, -0.25) is 0 Å². The number of rotatable bonds is 1. The van der Waals surface area contributed by atoms with E-state index in [-0.39, 0.29) is 0 Å². The zero-order valence-corrected chi connectivity index (χ0v) is 7.38. The van der Waals surface area contributed by atoms with Crippen LogP contribution in [-0.2, 0) is 0 Å². The highest BCUT2D eigenvalue weighted by Crippen LogP contribution is 2.19. The zero-order chi connectivity index (χ0) is 8.55. The van der Waals surface area contributed by atoms with E-state index in [1.54, 1.807) is 11.8 Å². The summed E-state index contributed by atoms with van der Waals surface area (Å²) in [6.45, 7) is 0. The van der Waals surface area contributed by atoms with E-state index in [9.17, 15) is 0 Å². The molecule has 0 aliphatic heterocycles. The van der Waals surface area contributed by atoms with E-state index < -0.39 is 0 Å². The van der Waals surface area contributed by atoms with E-state index in [1.807, 2.05) is 30.5 Å². The molecule has 0 radical (unpaired) electrons. The quantitative estimate of drug-likeness (QED) is 0.659. The molecule has 0 bridgehead atoms. The Morgan fingerprint density at radius 3 is 2.92 bits per heavy atom. The second-order valence-electron chi connectivity index (χ2n) is 2.53. The predicted molar refractivity (Wildman–Crippen MR) is 49.5 cm³/mol. The Bertz CT molecular complexity index is 408. The standard InChI is InChI=1S/C9H8ClNO/c1-12-11-5-4-7-2-3-8(10)6-9(7)11/h2-6H,1H3. The molecule has 2 aromatic rings. The summed E-state index contributed by atoms with van der Waals surface area (Å²) in [5.41, 5.74) is 0.991. The number of fused-ring (bicyclic) bond motifs is 1. The van der Waals surface area contributed by atoms with Gasteiger partial charge in [0.1, 0.15) is 7.11 Å². The molecule has 0 atom stereocenters. The number of halogens is 1. The van der Waals surface area contributed by atoms with Gasteiger partial charge in [-0.25, -0.2) is 0 Å². The van der Waals surface area contributed by atoms with Crippen molar-refractivity contribution >= 4 is 22.5 Å². The Hall–Kier alpha value is -1.15. The summed E-state index contributed by atoms with van der Waals surface area (Å²) in [6.07, 6.45) is 1.86. The van der Waals surface area contributed by atoms with Gasteiger partial charge in [0.25, 0.3) is 0 Å². The van der Waals surface area contributed by atoms with Crippen molar-refractivity contribution in [2.45, 2.75) is 0 Å². The van der Waals surface area contributed by atoms with Crippen LogP contribution in [0.3, 0.4) is 0 Å². The third kappa shape index (κ3) is 1.04. The van der Waals surface area contributed by atoms with Gasteiger partial charge in [-0.15, -0.1) is 0 Å². The topological polar surface area (TPSA) is 14.2 Å². The Morgan fingerprint density at radius 2 is 2.17 bits per heavy atom. The minimum atomic E-state index is 0.722. The van der Waals surface area contributed by atoms with Gasteiger partial charge in [-0.1, -0.05) is 17.7 Å². The summed E-state index contributed by atoms with van der Waals surface area (Å²) in [4.78, 5) is 5.08. The largest absolute Gasteiger partial charge is 0.417 e. The lowest BCUT2D eigenvalue weighted by molar-refractivity contribution is 0.179. The Morgan fingerprint density at radius 1 is 1.33 bits per heavy atom. The van der Waals surface area contributed by atoms with Crippen LogP contribution in [0.1, 0.15) is 0 Å². The minimum Gasteiger partial charge on any atom is -0.417 e. The van der Waals surface area contributed by atoms with Crippen molar-refractivity contribution in [3.63, 3.8) is 0 Å². The average molecular weight is 182 g/mol. The molecule has 1 aromatic heterocycles. The van der Waals surface area contributed by atoms with Gasteiger partial charge in [0.15, 0.2) is 0 Å². The Kier molecular flexibility index (Phi) is 1.70.